The molecule has 1 unspecified atom stereocenters. The summed E-state index contributed by atoms with van der Waals surface area (Å²) in [6.45, 7) is 1.00. The smallest absolute Gasteiger partial charge is 0.124 e. The molecule has 1 aromatic heterocycles. The average molecular weight is 257 g/mol. The van der Waals surface area contributed by atoms with Gasteiger partial charge in [0.1, 0.15) is 5.41 Å². The summed E-state index contributed by atoms with van der Waals surface area (Å²) in [5.41, 5.74) is -0.419. The molecule has 0 radical (unpaired) electrons. The van der Waals surface area contributed by atoms with E-state index in [9.17, 15) is 5.26 Å². The largest absolute Gasteiger partial charge is 0.378 e. The fraction of sp³-hybridized carbons (Fsp3) is 0.545. The predicted octanol–water partition coefficient (Wildman–Crippen LogP) is 2.54. The molecular formula is C11H13ClN2OS. The van der Waals surface area contributed by atoms with Gasteiger partial charge >= 0.3 is 0 Å². The van der Waals surface area contributed by atoms with Gasteiger partial charge in [0.05, 0.1) is 29.7 Å². The molecule has 2 heterocycles. The first-order valence-electron chi connectivity index (χ1n) is 5.00. The predicted molar refractivity (Wildman–Crippen MR) is 64.6 cm³/mol. The second kappa shape index (κ2) is 4.34. The van der Waals surface area contributed by atoms with Crippen molar-refractivity contribution in [2.75, 3.05) is 27.3 Å². The number of ether oxygens (including phenoxy) is 1. The van der Waals surface area contributed by atoms with Crippen molar-refractivity contribution in [2.45, 2.75) is 6.04 Å². The Morgan fingerprint density at radius 2 is 2.25 bits per heavy atom. The monoisotopic (exact) mass is 256 g/mol. The van der Waals surface area contributed by atoms with Crippen molar-refractivity contribution in [3.63, 3.8) is 0 Å². The standard InChI is InChI=1S/C11H13ClN2OS/c1-14(2)10(8-3-4-9(12)16-8)11(5-13)6-15-7-11/h3-4,10H,6-7H2,1-2H3. The Labute approximate surface area is 104 Å². The summed E-state index contributed by atoms with van der Waals surface area (Å²) in [7, 11) is 3.96. The summed E-state index contributed by atoms with van der Waals surface area (Å²) >= 11 is 7.48. The van der Waals surface area contributed by atoms with Gasteiger partial charge in [-0.25, -0.2) is 0 Å². The molecule has 0 amide bonds. The highest BCUT2D eigenvalue weighted by molar-refractivity contribution is 7.16. The zero-order valence-electron chi connectivity index (χ0n) is 9.24. The first-order valence-corrected chi connectivity index (χ1v) is 6.19. The SMILES string of the molecule is CN(C)C(c1ccc(Cl)s1)C1(C#N)COC1. The second-order valence-corrected chi connectivity index (χ2v) is 6.02. The Bertz CT molecular complexity index is 420. The lowest BCUT2D eigenvalue weighted by molar-refractivity contribution is -0.115. The number of nitrogens with zero attached hydrogens (tertiary/aromatic N) is 2. The second-order valence-electron chi connectivity index (χ2n) is 4.27. The third kappa shape index (κ3) is 1.85. The van der Waals surface area contributed by atoms with E-state index in [-0.39, 0.29) is 6.04 Å². The Kier molecular flexibility index (Phi) is 3.22. The average Bonchev–Trinajstić information content (AvgIpc) is 2.57. The molecule has 0 spiro atoms. The van der Waals surface area contributed by atoms with Gasteiger partial charge in [-0.1, -0.05) is 11.6 Å². The van der Waals surface area contributed by atoms with Crippen molar-refractivity contribution < 1.29 is 4.74 Å². The highest BCUT2D eigenvalue weighted by atomic mass is 35.5. The van der Waals surface area contributed by atoms with Gasteiger partial charge in [0.2, 0.25) is 0 Å². The summed E-state index contributed by atoms with van der Waals surface area (Å²) in [6, 6.07) is 6.33. The molecule has 5 heteroatoms. The normalized spacial score (nSPS) is 20.2. The third-order valence-electron chi connectivity index (χ3n) is 2.85. The number of hydrogen-bond acceptors (Lipinski definition) is 4. The molecule has 0 saturated carbocycles. The molecule has 1 fully saturated rings. The maximum absolute atomic E-state index is 9.34. The minimum atomic E-state index is -0.419. The number of rotatable bonds is 3. The topological polar surface area (TPSA) is 36.3 Å². The van der Waals surface area contributed by atoms with Crippen LogP contribution < -0.4 is 0 Å². The molecule has 2 rings (SSSR count). The van der Waals surface area contributed by atoms with Crippen molar-refractivity contribution in [1.29, 1.82) is 5.26 Å². The zero-order chi connectivity index (χ0) is 11.8. The van der Waals surface area contributed by atoms with Crippen LogP contribution in [0.15, 0.2) is 12.1 Å². The van der Waals surface area contributed by atoms with Crippen molar-refractivity contribution in [1.82, 2.24) is 4.90 Å². The van der Waals surface area contributed by atoms with Gasteiger partial charge in [0.25, 0.3) is 0 Å². The lowest BCUT2D eigenvalue weighted by atomic mass is 9.78. The first kappa shape index (κ1) is 11.9. The van der Waals surface area contributed by atoms with E-state index in [1.54, 1.807) is 0 Å². The minimum absolute atomic E-state index is 0.0590. The Balaban J connectivity index is 2.35. The highest BCUT2D eigenvalue weighted by Gasteiger charge is 2.48. The van der Waals surface area contributed by atoms with Crippen LogP contribution in [0.2, 0.25) is 4.34 Å². The fourth-order valence-electron chi connectivity index (χ4n) is 2.10. The van der Waals surface area contributed by atoms with Crippen LogP contribution in [0.1, 0.15) is 10.9 Å². The van der Waals surface area contributed by atoms with Crippen molar-refractivity contribution in [3.8, 4) is 6.07 Å². The van der Waals surface area contributed by atoms with Crippen LogP contribution in [0.3, 0.4) is 0 Å². The van der Waals surface area contributed by atoms with E-state index in [0.29, 0.717) is 13.2 Å². The lowest BCUT2D eigenvalue weighted by Crippen LogP contribution is -2.50. The van der Waals surface area contributed by atoms with Crippen LogP contribution >= 0.6 is 22.9 Å². The Hall–Kier alpha value is -0.600. The number of nitriles is 1. The van der Waals surface area contributed by atoms with Gasteiger partial charge < -0.3 is 9.64 Å². The first-order chi connectivity index (χ1) is 7.59. The number of halogens is 1. The zero-order valence-corrected chi connectivity index (χ0v) is 10.8. The maximum atomic E-state index is 9.34. The molecule has 1 aromatic rings. The van der Waals surface area contributed by atoms with Gasteiger partial charge in [0, 0.05) is 4.88 Å². The summed E-state index contributed by atoms with van der Waals surface area (Å²) < 4.78 is 5.97. The summed E-state index contributed by atoms with van der Waals surface area (Å²) in [5.74, 6) is 0. The van der Waals surface area contributed by atoms with Gasteiger partial charge in [-0.15, -0.1) is 11.3 Å². The lowest BCUT2D eigenvalue weighted by Gasteiger charge is -2.44. The fourth-order valence-corrected chi connectivity index (χ4v) is 3.48. The highest BCUT2D eigenvalue weighted by Crippen LogP contribution is 2.45. The summed E-state index contributed by atoms with van der Waals surface area (Å²) in [6.07, 6.45) is 0. The molecule has 1 aliphatic heterocycles. The van der Waals surface area contributed by atoms with E-state index >= 15 is 0 Å². The molecule has 3 nitrogen and oxygen atoms in total. The third-order valence-corrected chi connectivity index (χ3v) is 4.13. The van der Waals surface area contributed by atoms with Gasteiger partial charge in [0.15, 0.2) is 0 Å². The molecule has 1 atom stereocenters. The number of thiophene rings is 1. The van der Waals surface area contributed by atoms with Gasteiger partial charge in [-0.2, -0.15) is 5.26 Å². The Morgan fingerprint density at radius 3 is 2.56 bits per heavy atom. The molecule has 1 saturated heterocycles. The molecule has 86 valence electrons. The molecular weight excluding hydrogens is 244 g/mol. The molecule has 16 heavy (non-hydrogen) atoms. The van der Waals surface area contributed by atoms with E-state index in [1.165, 1.54) is 11.3 Å². The maximum Gasteiger partial charge on any atom is 0.124 e. The molecule has 1 aliphatic rings. The van der Waals surface area contributed by atoms with Crippen LogP contribution in [-0.4, -0.2) is 32.2 Å². The van der Waals surface area contributed by atoms with Crippen LogP contribution in [0.4, 0.5) is 0 Å². The van der Waals surface area contributed by atoms with Crippen LogP contribution in [0, 0.1) is 16.7 Å². The van der Waals surface area contributed by atoms with Crippen molar-refractivity contribution in [2.24, 2.45) is 5.41 Å². The van der Waals surface area contributed by atoms with Crippen LogP contribution in [0.25, 0.3) is 0 Å². The molecule has 0 aromatic carbocycles. The van der Waals surface area contributed by atoms with Gasteiger partial charge in [-0.3, -0.25) is 0 Å². The molecule has 0 bridgehead atoms. The minimum Gasteiger partial charge on any atom is -0.378 e. The molecule has 0 aliphatic carbocycles. The Morgan fingerprint density at radius 1 is 1.56 bits per heavy atom. The molecule has 0 N–H and O–H groups in total. The van der Waals surface area contributed by atoms with E-state index in [2.05, 4.69) is 11.0 Å². The summed E-state index contributed by atoms with van der Waals surface area (Å²) in [4.78, 5) is 3.19. The van der Waals surface area contributed by atoms with E-state index in [1.807, 2.05) is 26.2 Å². The van der Waals surface area contributed by atoms with E-state index in [4.69, 9.17) is 16.3 Å². The van der Waals surface area contributed by atoms with Crippen LogP contribution in [0.5, 0.6) is 0 Å². The van der Waals surface area contributed by atoms with Gasteiger partial charge in [-0.05, 0) is 26.2 Å². The summed E-state index contributed by atoms with van der Waals surface area (Å²) in [5, 5.41) is 9.34. The van der Waals surface area contributed by atoms with Crippen molar-refractivity contribution in [3.05, 3.63) is 21.3 Å². The van der Waals surface area contributed by atoms with Crippen molar-refractivity contribution >= 4 is 22.9 Å². The van der Waals surface area contributed by atoms with E-state index in [0.717, 1.165) is 9.21 Å². The van der Waals surface area contributed by atoms with E-state index < -0.39 is 5.41 Å². The number of hydrogen-bond donors (Lipinski definition) is 0. The van der Waals surface area contributed by atoms with Crippen LogP contribution in [-0.2, 0) is 4.74 Å². The quantitative estimate of drug-likeness (QED) is 0.834.